The lowest BCUT2D eigenvalue weighted by Gasteiger charge is -2.07. The summed E-state index contributed by atoms with van der Waals surface area (Å²) in [7, 11) is -3.00. The maximum Gasteiger partial charge on any atom is 0.211 e. The molecule has 0 heterocycles. The Hall–Kier alpha value is -0.0900. The van der Waals surface area contributed by atoms with E-state index in [4.69, 9.17) is 0 Å². The van der Waals surface area contributed by atoms with Crippen LogP contribution in [-0.2, 0) is 10.0 Å². The molecule has 14 heavy (non-hydrogen) atoms. The molecule has 0 fully saturated rings. The molecule has 0 atom stereocenters. The molecule has 0 aliphatic heterocycles. The van der Waals surface area contributed by atoms with Crippen LogP contribution in [0.1, 0.15) is 47.5 Å². The van der Waals surface area contributed by atoms with Gasteiger partial charge < -0.3 is 0 Å². The Bertz CT molecular complexity index is 198. The van der Waals surface area contributed by atoms with Crippen molar-refractivity contribution in [1.29, 1.82) is 0 Å². The second-order valence-corrected chi connectivity index (χ2v) is 5.27. The molecule has 3 nitrogen and oxygen atoms in total. The van der Waals surface area contributed by atoms with Gasteiger partial charge in [-0.1, -0.05) is 41.0 Å². The quantitative estimate of drug-likeness (QED) is 0.703. The van der Waals surface area contributed by atoms with Crippen LogP contribution in [0.15, 0.2) is 0 Å². The summed E-state index contributed by atoms with van der Waals surface area (Å²) in [6.07, 6.45) is 1.93. The minimum atomic E-state index is -3.00. The van der Waals surface area contributed by atoms with Gasteiger partial charge in [-0.3, -0.25) is 0 Å². The number of nitrogens with one attached hydrogen (secondary N) is 1. The summed E-state index contributed by atoms with van der Waals surface area (Å²) in [5.74, 6) is 0.431. The Morgan fingerprint density at radius 1 is 1.21 bits per heavy atom. The second kappa shape index (κ2) is 9.46. The highest BCUT2D eigenvalue weighted by Gasteiger charge is 2.10. The SMILES string of the molecule is CC.CCCCNS(=O)(=O)CC(C)C. The van der Waals surface area contributed by atoms with Crippen LogP contribution in [0, 0.1) is 5.92 Å². The Morgan fingerprint density at radius 3 is 2.07 bits per heavy atom. The van der Waals surface area contributed by atoms with Crippen molar-refractivity contribution in [3.8, 4) is 0 Å². The molecule has 0 rings (SSSR count). The molecule has 0 amide bonds. The molecule has 88 valence electrons. The Labute approximate surface area is 89.3 Å². The van der Waals surface area contributed by atoms with Gasteiger partial charge in [-0.15, -0.1) is 0 Å². The fourth-order valence-electron chi connectivity index (χ4n) is 0.902. The molecular formula is C10H25NO2S. The lowest BCUT2D eigenvalue weighted by Crippen LogP contribution is -2.29. The topological polar surface area (TPSA) is 46.2 Å². The highest BCUT2D eigenvalue weighted by Crippen LogP contribution is 1.97. The van der Waals surface area contributed by atoms with Crippen molar-refractivity contribution in [2.45, 2.75) is 47.5 Å². The lowest BCUT2D eigenvalue weighted by atomic mass is 10.3. The molecule has 0 radical (unpaired) electrons. The molecular weight excluding hydrogens is 198 g/mol. The summed E-state index contributed by atoms with van der Waals surface area (Å²) in [4.78, 5) is 0. The molecule has 0 aliphatic carbocycles. The summed E-state index contributed by atoms with van der Waals surface area (Å²) >= 11 is 0. The molecule has 0 unspecified atom stereocenters. The predicted octanol–water partition coefficient (Wildman–Crippen LogP) is 2.39. The lowest BCUT2D eigenvalue weighted by molar-refractivity contribution is 0.565. The maximum absolute atomic E-state index is 11.2. The minimum Gasteiger partial charge on any atom is -0.215 e. The van der Waals surface area contributed by atoms with E-state index in [1.165, 1.54) is 0 Å². The fraction of sp³-hybridized carbons (Fsp3) is 1.00. The number of sulfonamides is 1. The van der Waals surface area contributed by atoms with E-state index >= 15 is 0 Å². The van der Waals surface area contributed by atoms with E-state index in [0.717, 1.165) is 12.8 Å². The third-order valence-corrected chi connectivity index (χ3v) is 3.15. The van der Waals surface area contributed by atoms with Gasteiger partial charge in [0.1, 0.15) is 0 Å². The van der Waals surface area contributed by atoms with Gasteiger partial charge >= 0.3 is 0 Å². The molecule has 0 aromatic rings. The molecule has 4 heteroatoms. The number of hydrogen-bond acceptors (Lipinski definition) is 2. The number of hydrogen-bond donors (Lipinski definition) is 1. The van der Waals surface area contributed by atoms with E-state index in [1.807, 2.05) is 34.6 Å². The van der Waals surface area contributed by atoms with Crippen LogP contribution in [-0.4, -0.2) is 20.7 Å². The average molecular weight is 223 g/mol. The standard InChI is InChI=1S/C8H19NO2S.C2H6/c1-4-5-6-9-12(10,11)7-8(2)3;1-2/h8-9H,4-7H2,1-3H3;1-2H3. The van der Waals surface area contributed by atoms with Crippen LogP contribution >= 0.6 is 0 Å². The van der Waals surface area contributed by atoms with Gasteiger partial charge in [0.2, 0.25) is 10.0 Å². The average Bonchev–Trinajstić information content (AvgIpc) is 2.05. The molecule has 0 spiro atoms. The Morgan fingerprint density at radius 2 is 1.71 bits per heavy atom. The highest BCUT2D eigenvalue weighted by atomic mass is 32.2. The van der Waals surface area contributed by atoms with E-state index < -0.39 is 10.0 Å². The number of unbranched alkanes of at least 4 members (excludes halogenated alkanes) is 1. The smallest absolute Gasteiger partial charge is 0.211 e. The van der Waals surface area contributed by atoms with Crippen molar-refractivity contribution in [1.82, 2.24) is 4.72 Å². The van der Waals surface area contributed by atoms with Gasteiger partial charge in [0.05, 0.1) is 5.75 Å². The van der Waals surface area contributed by atoms with Crippen molar-refractivity contribution in [3.63, 3.8) is 0 Å². The summed E-state index contributed by atoms with van der Waals surface area (Å²) in [6.45, 7) is 10.4. The molecule has 0 saturated carbocycles. The van der Waals surface area contributed by atoms with E-state index in [-0.39, 0.29) is 11.7 Å². The van der Waals surface area contributed by atoms with Crippen molar-refractivity contribution >= 4 is 10.0 Å². The highest BCUT2D eigenvalue weighted by molar-refractivity contribution is 7.89. The molecule has 0 aromatic carbocycles. The normalized spacial score (nSPS) is 11.0. The Kier molecular flexibility index (Phi) is 11.0. The summed E-state index contributed by atoms with van der Waals surface area (Å²) < 4.78 is 25.0. The summed E-state index contributed by atoms with van der Waals surface area (Å²) in [6, 6.07) is 0. The van der Waals surface area contributed by atoms with Gasteiger partial charge in [-0.05, 0) is 12.3 Å². The van der Waals surface area contributed by atoms with E-state index in [1.54, 1.807) is 0 Å². The third kappa shape index (κ3) is 11.9. The number of rotatable bonds is 6. The van der Waals surface area contributed by atoms with Gasteiger partial charge in [0.15, 0.2) is 0 Å². The van der Waals surface area contributed by atoms with Crippen LogP contribution in [0.5, 0.6) is 0 Å². The van der Waals surface area contributed by atoms with Gasteiger partial charge in [-0.2, -0.15) is 0 Å². The Balaban J connectivity index is 0. The minimum absolute atomic E-state index is 0.198. The van der Waals surface area contributed by atoms with Crippen molar-refractivity contribution in [3.05, 3.63) is 0 Å². The first-order chi connectivity index (χ1) is 6.48. The molecule has 0 aliphatic rings. The van der Waals surface area contributed by atoms with E-state index in [2.05, 4.69) is 4.72 Å². The fourth-order valence-corrected chi connectivity index (χ4v) is 2.35. The van der Waals surface area contributed by atoms with Gasteiger partial charge in [-0.25, -0.2) is 13.1 Å². The van der Waals surface area contributed by atoms with Crippen LogP contribution in [0.4, 0.5) is 0 Å². The van der Waals surface area contributed by atoms with E-state index in [0.29, 0.717) is 6.54 Å². The third-order valence-electron chi connectivity index (χ3n) is 1.41. The molecule has 0 bridgehead atoms. The first-order valence-corrected chi connectivity index (χ1v) is 7.10. The van der Waals surface area contributed by atoms with Crippen molar-refractivity contribution in [2.24, 2.45) is 5.92 Å². The molecule has 0 aromatic heterocycles. The first-order valence-electron chi connectivity index (χ1n) is 5.45. The molecule has 1 N–H and O–H groups in total. The zero-order valence-electron chi connectivity index (χ0n) is 10.1. The molecule has 0 saturated heterocycles. The maximum atomic E-state index is 11.2. The first kappa shape index (κ1) is 16.3. The van der Waals surface area contributed by atoms with Crippen molar-refractivity contribution in [2.75, 3.05) is 12.3 Å². The zero-order valence-corrected chi connectivity index (χ0v) is 10.9. The predicted molar refractivity (Wildman–Crippen MR) is 62.9 cm³/mol. The van der Waals surface area contributed by atoms with E-state index in [9.17, 15) is 8.42 Å². The largest absolute Gasteiger partial charge is 0.215 e. The monoisotopic (exact) mass is 223 g/mol. The van der Waals surface area contributed by atoms with Crippen LogP contribution in [0.2, 0.25) is 0 Å². The summed E-state index contributed by atoms with van der Waals surface area (Å²) in [5.41, 5.74) is 0. The van der Waals surface area contributed by atoms with Crippen molar-refractivity contribution < 1.29 is 8.42 Å². The van der Waals surface area contributed by atoms with Gasteiger partial charge in [0, 0.05) is 6.54 Å². The van der Waals surface area contributed by atoms with Crippen LogP contribution in [0.3, 0.4) is 0 Å². The second-order valence-electron chi connectivity index (χ2n) is 3.42. The van der Waals surface area contributed by atoms with Crippen LogP contribution < -0.4 is 4.72 Å². The van der Waals surface area contributed by atoms with Crippen LogP contribution in [0.25, 0.3) is 0 Å². The van der Waals surface area contributed by atoms with Gasteiger partial charge in [0.25, 0.3) is 0 Å². The zero-order chi connectivity index (χ0) is 11.6. The summed E-state index contributed by atoms with van der Waals surface area (Å²) in [5, 5.41) is 0.